The van der Waals surface area contributed by atoms with Crippen molar-refractivity contribution in [3.05, 3.63) is 111 Å². The standard InChI is InChI=1S/C26H26BrN2O3S/c1-20-28(15-16-29(20)19-21-10-12-23(27)13-11-21)14-6-17-32-25(30)26(31,24-9-5-18-33-24)22-7-3-2-4-8-22/h2-5,7-13,15-16,18,31H,6,14,17,19H2,1H3/q+1. The number of carbonyl (C=O) groups excluding carboxylic acids is 1. The number of hydrogen-bond donors (Lipinski definition) is 1. The third-order valence-corrected chi connectivity index (χ3v) is 7.17. The number of thiophene rings is 1. The molecule has 0 aliphatic heterocycles. The molecule has 170 valence electrons. The van der Waals surface area contributed by atoms with E-state index in [1.807, 2.05) is 35.8 Å². The molecule has 0 fully saturated rings. The second kappa shape index (κ2) is 10.5. The highest BCUT2D eigenvalue weighted by Crippen LogP contribution is 2.34. The van der Waals surface area contributed by atoms with Crippen molar-refractivity contribution in [3.8, 4) is 0 Å². The number of ether oxygens (including phenoxy) is 1. The van der Waals surface area contributed by atoms with E-state index in [-0.39, 0.29) is 6.61 Å². The summed E-state index contributed by atoms with van der Waals surface area (Å²) in [6, 6.07) is 20.8. The van der Waals surface area contributed by atoms with Crippen LogP contribution < -0.4 is 4.57 Å². The molecule has 2 aromatic carbocycles. The van der Waals surface area contributed by atoms with Gasteiger partial charge in [-0.05, 0) is 29.1 Å². The lowest BCUT2D eigenvalue weighted by Crippen LogP contribution is -2.38. The van der Waals surface area contributed by atoms with Crippen molar-refractivity contribution < 1.29 is 19.2 Å². The third kappa shape index (κ3) is 5.27. The maximum absolute atomic E-state index is 13.0. The minimum atomic E-state index is -1.80. The lowest BCUT2D eigenvalue weighted by atomic mass is 9.92. The lowest BCUT2D eigenvalue weighted by molar-refractivity contribution is -0.694. The quantitative estimate of drug-likeness (QED) is 0.193. The monoisotopic (exact) mass is 525 g/mol. The maximum Gasteiger partial charge on any atom is 0.348 e. The minimum absolute atomic E-state index is 0.226. The summed E-state index contributed by atoms with van der Waals surface area (Å²) in [5.74, 6) is 0.481. The fraction of sp³-hybridized carbons (Fsp3) is 0.231. The van der Waals surface area contributed by atoms with Gasteiger partial charge in [0.1, 0.15) is 18.9 Å². The largest absolute Gasteiger partial charge is 0.463 e. The molecule has 0 saturated heterocycles. The van der Waals surface area contributed by atoms with Crippen molar-refractivity contribution in [1.29, 1.82) is 0 Å². The van der Waals surface area contributed by atoms with Crippen LogP contribution in [-0.2, 0) is 28.2 Å². The average molecular weight is 526 g/mol. The summed E-state index contributed by atoms with van der Waals surface area (Å²) in [4.78, 5) is 13.5. The average Bonchev–Trinajstić information content (AvgIpc) is 3.49. The molecule has 0 spiro atoms. The van der Waals surface area contributed by atoms with Crippen LogP contribution in [0.5, 0.6) is 0 Å². The first-order chi connectivity index (χ1) is 16.0. The maximum atomic E-state index is 13.0. The number of nitrogens with zero attached hydrogens (tertiary/aromatic N) is 2. The Hall–Kier alpha value is -2.74. The van der Waals surface area contributed by atoms with Gasteiger partial charge in [-0.3, -0.25) is 0 Å². The second-order valence-corrected chi connectivity index (χ2v) is 9.70. The van der Waals surface area contributed by atoms with E-state index in [1.165, 1.54) is 16.9 Å². The molecule has 0 aliphatic carbocycles. The van der Waals surface area contributed by atoms with E-state index in [2.05, 4.69) is 50.3 Å². The predicted octanol–water partition coefficient (Wildman–Crippen LogP) is 4.83. The molecule has 4 aromatic rings. The lowest BCUT2D eigenvalue weighted by Gasteiger charge is -2.25. The molecule has 0 aliphatic rings. The van der Waals surface area contributed by atoms with E-state index in [4.69, 9.17) is 4.74 Å². The number of halogens is 1. The van der Waals surface area contributed by atoms with Crippen molar-refractivity contribution in [2.75, 3.05) is 6.61 Å². The van der Waals surface area contributed by atoms with Gasteiger partial charge in [-0.1, -0.05) is 64.5 Å². The Morgan fingerprint density at radius 3 is 2.58 bits per heavy atom. The summed E-state index contributed by atoms with van der Waals surface area (Å²) in [6.45, 7) is 3.82. The number of aliphatic hydroxyl groups is 1. The zero-order valence-corrected chi connectivity index (χ0v) is 20.8. The highest BCUT2D eigenvalue weighted by atomic mass is 79.9. The number of benzene rings is 2. The third-order valence-electron chi connectivity index (χ3n) is 5.67. The van der Waals surface area contributed by atoms with Gasteiger partial charge in [-0.15, -0.1) is 11.3 Å². The van der Waals surface area contributed by atoms with Gasteiger partial charge in [-0.25, -0.2) is 13.9 Å². The molecule has 0 saturated carbocycles. The van der Waals surface area contributed by atoms with Crippen molar-refractivity contribution >= 4 is 33.2 Å². The number of esters is 1. The van der Waals surface area contributed by atoms with Gasteiger partial charge in [0.05, 0.1) is 18.0 Å². The Balaban J connectivity index is 1.36. The highest BCUT2D eigenvalue weighted by Gasteiger charge is 2.42. The molecule has 7 heteroatoms. The Labute approximate surface area is 206 Å². The summed E-state index contributed by atoms with van der Waals surface area (Å²) in [5.41, 5.74) is -0.0635. The predicted molar refractivity (Wildman–Crippen MR) is 132 cm³/mol. The van der Waals surface area contributed by atoms with Crippen LogP contribution in [0.1, 0.15) is 28.2 Å². The Morgan fingerprint density at radius 2 is 1.88 bits per heavy atom. The fourth-order valence-electron chi connectivity index (χ4n) is 3.76. The number of aromatic nitrogens is 2. The Kier molecular flexibility index (Phi) is 7.42. The SMILES string of the molecule is Cc1n(CCCOC(=O)C(O)(c2ccccc2)c2cccs2)cc[n+]1Cc1ccc(Br)cc1. The van der Waals surface area contributed by atoms with Crippen molar-refractivity contribution in [3.63, 3.8) is 0 Å². The summed E-state index contributed by atoms with van der Waals surface area (Å²) in [5, 5.41) is 13.2. The van der Waals surface area contributed by atoms with Crippen LogP contribution >= 0.6 is 27.3 Å². The van der Waals surface area contributed by atoms with Crippen LogP contribution in [0, 0.1) is 6.92 Å². The normalized spacial score (nSPS) is 12.9. The van der Waals surface area contributed by atoms with Gasteiger partial charge in [0.2, 0.25) is 5.60 Å². The van der Waals surface area contributed by atoms with Gasteiger partial charge in [-0.2, -0.15) is 0 Å². The van der Waals surface area contributed by atoms with Gasteiger partial charge >= 0.3 is 5.97 Å². The van der Waals surface area contributed by atoms with Gasteiger partial charge in [0.15, 0.2) is 0 Å². The van der Waals surface area contributed by atoms with E-state index in [0.717, 1.165) is 23.4 Å². The van der Waals surface area contributed by atoms with Crippen LogP contribution in [0.3, 0.4) is 0 Å². The van der Waals surface area contributed by atoms with Crippen LogP contribution in [0.15, 0.2) is 89.0 Å². The van der Waals surface area contributed by atoms with E-state index in [1.54, 1.807) is 30.3 Å². The Bertz CT molecular complexity index is 1190. The van der Waals surface area contributed by atoms with Gasteiger partial charge in [0.25, 0.3) is 5.82 Å². The molecule has 33 heavy (non-hydrogen) atoms. The zero-order valence-electron chi connectivity index (χ0n) is 18.4. The minimum Gasteiger partial charge on any atom is -0.463 e. The van der Waals surface area contributed by atoms with E-state index in [9.17, 15) is 9.90 Å². The first-order valence-corrected chi connectivity index (χ1v) is 12.4. The molecule has 0 radical (unpaired) electrons. The van der Waals surface area contributed by atoms with Crippen molar-refractivity contribution in [2.24, 2.45) is 0 Å². The van der Waals surface area contributed by atoms with Gasteiger partial charge in [0, 0.05) is 23.4 Å². The van der Waals surface area contributed by atoms with Crippen molar-refractivity contribution in [1.82, 2.24) is 4.57 Å². The Morgan fingerprint density at radius 1 is 1.12 bits per heavy atom. The molecule has 0 amide bonds. The molecular formula is C26H26BrN2O3S+. The van der Waals surface area contributed by atoms with E-state index < -0.39 is 11.6 Å². The number of aryl methyl sites for hydroxylation is 1. The summed E-state index contributed by atoms with van der Waals surface area (Å²) < 4.78 is 11.0. The van der Waals surface area contributed by atoms with E-state index in [0.29, 0.717) is 16.9 Å². The van der Waals surface area contributed by atoms with Crippen LogP contribution in [0.2, 0.25) is 0 Å². The summed E-state index contributed by atoms with van der Waals surface area (Å²) >= 11 is 4.80. The van der Waals surface area contributed by atoms with Crippen LogP contribution in [0.25, 0.3) is 0 Å². The topological polar surface area (TPSA) is 55.3 Å². The van der Waals surface area contributed by atoms with Crippen LogP contribution in [0.4, 0.5) is 0 Å². The highest BCUT2D eigenvalue weighted by molar-refractivity contribution is 9.10. The fourth-order valence-corrected chi connectivity index (χ4v) is 4.86. The van der Waals surface area contributed by atoms with Crippen molar-refractivity contribution in [2.45, 2.75) is 32.0 Å². The number of rotatable bonds is 9. The zero-order chi connectivity index (χ0) is 23.3. The number of imidazole rings is 1. The van der Waals surface area contributed by atoms with Gasteiger partial charge < -0.3 is 9.84 Å². The number of hydrogen-bond acceptors (Lipinski definition) is 4. The summed E-state index contributed by atoms with van der Waals surface area (Å²) in [6.07, 6.45) is 4.76. The summed E-state index contributed by atoms with van der Waals surface area (Å²) in [7, 11) is 0. The molecule has 2 aromatic heterocycles. The van der Waals surface area contributed by atoms with E-state index >= 15 is 0 Å². The molecule has 5 nitrogen and oxygen atoms in total. The molecule has 2 heterocycles. The second-order valence-electron chi connectivity index (χ2n) is 7.84. The molecule has 0 bridgehead atoms. The molecule has 1 N–H and O–H groups in total. The first-order valence-electron chi connectivity index (χ1n) is 10.8. The molecule has 1 unspecified atom stereocenters. The first kappa shape index (κ1) is 23.4. The van der Waals surface area contributed by atoms with Crippen LogP contribution in [-0.4, -0.2) is 22.2 Å². The molecule has 4 rings (SSSR count). The molecule has 1 atom stereocenters. The number of carbonyl (C=O) groups is 1. The smallest absolute Gasteiger partial charge is 0.348 e. The molecular weight excluding hydrogens is 500 g/mol.